The predicted octanol–water partition coefficient (Wildman–Crippen LogP) is 4.93. The minimum atomic E-state index is -0.671. The molecule has 0 saturated carbocycles. The molecule has 34 heavy (non-hydrogen) atoms. The van der Waals surface area contributed by atoms with Gasteiger partial charge in [-0.05, 0) is 33.9 Å². The van der Waals surface area contributed by atoms with Gasteiger partial charge in [0.15, 0.2) is 0 Å². The number of carbonyl (C=O) groups excluding carboxylic acids is 2. The van der Waals surface area contributed by atoms with Gasteiger partial charge in [-0.2, -0.15) is 0 Å². The van der Waals surface area contributed by atoms with E-state index in [-0.39, 0.29) is 30.3 Å². The van der Waals surface area contributed by atoms with Gasteiger partial charge in [0.05, 0.1) is 17.6 Å². The van der Waals surface area contributed by atoms with Gasteiger partial charge >= 0.3 is 12.1 Å². The van der Waals surface area contributed by atoms with Crippen LogP contribution in [0.1, 0.15) is 33.0 Å². The monoisotopic (exact) mass is 458 g/mol. The number of nitro benzene ring substituents is 1. The van der Waals surface area contributed by atoms with Gasteiger partial charge in [0.25, 0.3) is 5.69 Å². The molecule has 0 atom stereocenters. The van der Waals surface area contributed by atoms with Gasteiger partial charge in [0.1, 0.15) is 6.61 Å². The highest BCUT2D eigenvalue weighted by Gasteiger charge is 2.28. The number of fused-ring (bicyclic) bond motifs is 3. The van der Waals surface area contributed by atoms with Crippen molar-refractivity contribution in [2.24, 2.45) is 0 Å². The molecular weight excluding hydrogens is 436 g/mol. The van der Waals surface area contributed by atoms with E-state index in [0.29, 0.717) is 5.56 Å². The Morgan fingerprint density at radius 3 is 2.29 bits per heavy atom. The summed E-state index contributed by atoms with van der Waals surface area (Å²) < 4.78 is 10.1. The number of hydrogen-bond donors (Lipinski definition) is 1. The van der Waals surface area contributed by atoms with Crippen LogP contribution in [0.2, 0.25) is 0 Å². The van der Waals surface area contributed by atoms with Crippen LogP contribution in [0.5, 0.6) is 0 Å². The van der Waals surface area contributed by atoms with E-state index >= 15 is 0 Å². The Kier molecular flexibility index (Phi) is 6.68. The van der Waals surface area contributed by atoms with Crippen molar-refractivity contribution in [1.82, 2.24) is 5.32 Å². The van der Waals surface area contributed by atoms with Crippen molar-refractivity contribution in [2.45, 2.75) is 5.92 Å². The lowest BCUT2D eigenvalue weighted by Gasteiger charge is -2.14. The van der Waals surface area contributed by atoms with Gasteiger partial charge in [-0.3, -0.25) is 10.1 Å². The number of amides is 1. The zero-order valence-corrected chi connectivity index (χ0v) is 18.4. The molecule has 0 saturated heterocycles. The molecule has 0 bridgehead atoms. The lowest BCUT2D eigenvalue weighted by Crippen LogP contribution is -2.26. The maximum absolute atomic E-state index is 12.2. The second-order valence-electron chi connectivity index (χ2n) is 7.67. The summed E-state index contributed by atoms with van der Waals surface area (Å²) >= 11 is 0. The Morgan fingerprint density at radius 2 is 1.68 bits per heavy atom. The molecule has 4 rings (SSSR count). The molecule has 3 aromatic rings. The third-order valence-corrected chi connectivity index (χ3v) is 5.59. The van der Waals surface area contributed by atoms with Crippen LogP contribution in [0.3, 0.4) is 0 Å². The second kappa shape index (κ2) is 9.99. The Morgan fingerprint density at radius 1 is 1.03 bits per heavy atom. The van der Waals surface area contributed by atoms with Crippen molar-refractivity contribution in [1.29, 1.82) is 0 Å². The van der Waals surface area contributed by atoms with E-state index in [9.17, 15) is 19.7 Å². The quantitative estimate of drug-likeness (QED) is 0.305. The number of nitrogens with zero attached hydrogens (tertiary/aromatic N) is 1. The van der Waals surface area contributed by atoms with Crippen LogP contribution in [-0.2, 0) is 9.47 Å². The van der Waals surface area contributed by atoms with Crippen LogP contribution in [0.25, 0.3) is 17.2 Å². The fourth-order valence-corrected chi connectivity index (χ4v) is 4.06. The summed E-state index contributed by atoms with van der Waals surface area (Å²) in [7, 11) is 1.20. The van der Waals surface area contributed by atoms with E-state index in [1.54, 1.807) is 12.2 Å². The SMILES string of the molecule is COC(=O)c1cc(C=CCNC(=O)OCC2c3ccccc3-c3ccccc32)cc([N+](=O)[O-])c1. The number of nitrogens with one attached hydrogen (secondary N) is 1. The summed E-state index contributed by atoms with van der Waals surface area (Å²) in [6.07, 6.45) is 2.62. The largest absolute Gasteiger partial charge is 0.465 e. The first kappa shape index (κ1) is 22.7. The highest BCUT2D eigenvalue weighted by molar-refractivity contribution is 5.91. The maximum Gasteiger partial charge on any atom is 0.407 e. The van der Waals surface area contributed by atoms with Gasteiger partial charge in [-0.15, -0.1) is 0 Å². The molecule has 1 aliphatic carbocycles. The molecule has 1 N–H and O–H groups in total. The molecule has 0 heterocycles. The summed E-state index contributed by atoms with van der Waals surface area (Å²) in [6, 6.07) is 20.1. The Bertz CT molecular complexity index is 1240. The Labute approximate surface area is 196 Å². The number of alkyl carbamates (subject to hydrolysis) is 1. The Balaban J connectivity index is 1.35. The highest BCUT2D eigenvalue weighted by atomic mass is 16.6. The topological polar surface area (TPSA) is 108 Å². The van der Waals surface area contributed by atoms with Crippen molar-refractivity contribution >= 4 is 23.8 Å². The number of hydrogen-bond acceptors (Lipinski definition) is 6. The molecule has 0 aromatic heterocycles. The van der Waals surface area contributed by atoms with Crippen LogP contribution in [0.15, 0.2) is 72.8 Å². The summed E-state index contributed by atoms with van der Waals surface area (Å²) in [5, 5.41) is 13.8. The first-order chi connectivity index (χ1) is 16.5. The number of rotatable bonds is 7. The third kappa shape index (κ3) is 4.80. The first-order valence-electron chi connectivity index (χ1n) is 10.6. The molecule has 0 fully saturated rings. The van der Waals surface area contributed by atoms with Crippen LogP contribution in [-0.4, -0.2) is 37.2 Å². The van der Waals surface area contributed by atoms with E-state index in [2.05, 4.69) is 22.2 Å². The van der Waals surface area contributed by atoms with Crippen molar-refractivity contribution in [3.8, 4) is 11.1 Å². The lowest BCUT2D eigenvalue weighted by molar-refractivity contribution is -0.384. The number of nitro groups is 1. The fraction of sp³-hybridized carbons (Fsp3) is 0.154. The molecular formula is C26H22N2O6. The Hall–Kier alpha value is -4.46. The molecule has 1 amide bonds. The van der Waals surface area contributed by atoms with Gasteiger partial charge in [0, 0.05) is 24.6 Å². The molecule has 0 unspecified atom stereocenters. The summed E-state index contributed by atoms with van der Waals surface area (Å²) in [5.41, 5.74) is 4.83. The van der Waals surface area contributed by atoms with Gasteiger partial charge in [-0.25, -0.2) is 9.59 Å². The minimum absolute atomic E-state index is 0.0321. The van der Waals surface area contributed by atoms with Crippen LogP contribution in [0, 0.1) is 10.1 Å². The molecule has 0 spiro atoms. The number of ether oxygens (including phenoxy) is 2. The zero-order chi connectivity index (χ0) is 24.1. The number of benzene rings is 3. The van der Waals surface area contributed by atoms with Crippen LogP contribution >= 0.6 is 0 Å². The smallest absolute Gasteiger partial charge is 0.407 e. The molecule has 0 radical (unpaired) electrons. The van der Waals surface area contributed by atoms with Gasteiger partial charge in [0.2, 0.25) is 0 Å². The number of carbonyl (C=O) groups is 2. The highest BCUT2D eigenvalue weighted by Crippen LogP contribution is 2.44. The third-order valence-electron chi connectivity index (χ3n) is 5.59. The molecule has 8 heteroatoms. The average molecular weight is 458 g/mol. The number of esters is 1. The standard InChI is InChI=1S/C26H22N2O6/c1-33-25(29)18-13-17(14-19(15-18)28(31)32)7-6-12-27-26(30)34-16-24-22-10-4-2-8-20(22)21-9-3-5-11-23(21)24/h2-11,13-15,24H,12,16H2,1H3,(H,27,30). The van der Waals surface area contributed by atoms with E-state index in [1.165, 1.54) is 19.2 Å². The van der Waals surface area contributed by atoms with Crippen LogP contribution in [0.4, 0.5) is 10.5 Å². The zero-order valence-electron chi connectivity index (χ0n) is 18.4. The second-order valence-corrected chi connectivity index (χ2v) is 7.67. The van der Waals surface area contributed by atoms with Gasteiger partial charge < -0.3 is 14.8 Å². The van der Waals surface area contributed by atoms with Crippen molar-refractivity contribution in [2.75, 3.05) is 20.3 Å². The number of non-ortho nitro benzene ring substituents is 1. The fourth-order valence-electron chi connectivity index (χ4n) is 4.06. The minimum Gasteiger partial charge on any atom is -0.465 e. The van der Waals surface area contributed by atoms with E-state index in [0.717, 1.165) is 28.3 Å². The summed E-state index contributed by atoms with van der Waals surface area (Å²) in [6.45, 7) is 0.351. The molecule has 172 valence electrons. The van der Waals surface area contributed by atoms with Crippen molar-refractivity contribution in [3.05, 3.63) is 105 Å². The normalized spacial score (nSPS) is 12.1. The lowest BCUT2D eigenvalue weighted by atomic mass is 9.98. The first-order valence-corrected chi connectivity index (χ1v) is 10.6. The van der Waals surface area contributed by atoms with E-state index < -0.39 is 17.0 Å². The number of methoxy groups -OCH3 is 1. The van der Waals surface area contributed by atoms with E-state index in [1.807, 2.05) is 36.4 Å². The molecule has 3 aromatic carbocycles. The summed E-state index contributed by atoms with van der Waals surface area (Å²) in [5.74, 6) is -0.703. The molecule has 1 aliphatic rings. The van der Waals surface area contributed by atoms with Crippen molar-refractivity contribution in [3.63, 3.8) is 0 Å². The molecule has 0 aliphatic heterocycles. The average Bonchev–Trinajstić information content (AvgIpc) is 3.18. The van der Waals surface area contributed by atoms with Crippen LogP contribution < -0.4 is 5.32 Å². The molecule has 8 nitrogen and oxygen atoms in total. The van der Waals surface area contributed by atoms with Crippen molar-refractivity contribution < 1.29 is 24.0 Å². The van der Waals surface area contributed by atoms with Gasteiger partial charge in [-0.1, -0.05) is 60.7 Å². The summed E-state index contributed by atoms with van der Waals surface area (Å²) in [4.78, 5) is 34.5. The predicted molar refractivity (Wildman–Crippen MR) is 127 cm³/mol. The maximum atomic E-state index is 12.2. The van der Waals surface area contributed by atoms with E-state index in [4.69, 9.17) is 4.74 Å².